The molecule has 1 saturated heterocycles. The van der Waals surface area contributed by atoms with Gasteiger partial charge >= 0.3 is 0 Å². The fraction of sp³-hybridized carbons (Fsp3) is 0.900. The molecule has 1 fully saturated rings. The van der Waals surface area contributed by atoms with Crippen molar-refractivity contribution >= 4 is 15.6 Å². The molecule has 1 heterocycles. The maximum Gasteiger partial charge on any atom is 0.157 e. The number of sulfone groups is 1. The number of ether oxygens (including phenoxy) is 1. The Bertz CT molecular complexity index is 314. The molecule has 4 nitrogen and oxygen atoms in total. The summed E-state index contributed by atoms with van der Waals surface area (Å²) in [6.45, 7) is 2.22. The van der Waals surface area contributed by atoms with Crippen molar-refractivity contribution < 1.29 is 17.9 Å². The van der Waals surface area contributed by atoms with Crippen LogP contribution in [0.25, 0.3) is 0 Å². The first-order valence-corrected chi connectivity index (χ1v) is 7.20. The number of Topliss-reactive ketones (excluding diaryl/α,β-unsaturated/α-hetero) is 1. The van der Waals surface area contributed by atoms with Crippen LogP contribution in [0.2, 0.25) is 0 Å². The molecule has 0 N–H and O–H groups in total. The lowest BCUT2D eigenvalue weighted by molar-refractivity contribution is -0.119. The Morgan fingerprint density at radius 2 is 2.20 bits per heavy atom. The second kappa shape index (κ2) is 5.07. The highest BCUT2D eigenvalue weighted by Gasteiger charge is 2.24. The minimum absolute atomic E-state index is 0.153. The van der Waals surface area contributed by atoms with Crippen molar-refractivity contribution in [1.82, 2.24) is 0 Å². The highest BCUT2D eigenvalue weighted by Crippen LogP contribution is 2.18. The topological polar surface area (TPSA) is 60.4 Å². The van der Waals surface area contributed by atoms with Crippen LogP contribution in [0, 0.1) is 0 Å². The van der Waals surface area contributed by atoms with Gasteiger partial charge in [0, 0.05) is 19.3 Å². The van der Waals surface area contributed by atoms with E-state index in [0.29, 0.717) is 12.8 Å². The van der Waals surface area contributed by atoms with Crippen molar-refractivity contribution in [3.8, 4) is 0 Å². The summed E-state index contributed by atoms with van der Waals surface area (Å²) in [5.74, 6) is -0.201. The van der Waals surface area contributed by atoms with Gasteiger partial charge in [-0.3, -0.25) is 4.79 Å². The zero-order valence-electron chi connectivity index (χ0n) is 9.23. The van der Waals surface area contributed by atoms with Crippen molar-refractivity contribution in [3.63, 3.8) is 0 Å². The number of hydrogen-bond donors (Lipinski definition) is 0. The molecule has 2 atom stereocenters. The van der Waals surface area contributed by atoms with Crippen LogP contribution in [-0.4, -0.2) is 38.4 Å². The van der Waals surface area contributed by atoms with Crippen molar-refractivity contribution in [2.45, 2.75) is 44.0 Å². The van der Waals surface area contributed by atoms with Crippen LogP contribution < -0.4 is 0 Å². The summed E-state index contributed by atoms with van der Waals surface area (Å²) in [4.78, 5) is 11.5. The molecule has 88 valence electrons. The van der Waals surface area contributed by atoms with E-state index in [1.165, 1.54) is 6.92 Å². The Hall–Kier alpha value is -0.420. The predicted octanol–water partition coefficient (Wildman–Crippen LogP) is 0.948. The third-order valence-electron chi connectivity index (χ3n) is 2.83. The average molecular weight is 234 g/mol. The van der Waals surface area contributed by atoms with E-state index >= 15 is 0 Å². The average Bonchev–Trinajstić information content (AvgIpc) is 2.63. The van der Waals surface area contributed by atoms with Crippen molar-refractivity contribution in [3.05, 3.63) is 0 Å². The van der Waals surface area contributed by atoms with Gasteiger partial charge in [-0.25, -0.2) is 8.42 Å². The Kier molecular flexibility index (Phi) is 4.28. The molecule has 1 aliphatic rings. The predicted molar refractivity (Wildman–Crippen MR) is 57.5 cm³/mol. The molecule has 0 amide bonds. The second-order valence-electron chi connectivity index (χ2n) is 4.11. The first kappa shape index (κ1) is 12.6. The summed E-state index contributed by atoms with van der Waals surface area (Å²) < 4.78 is 27.6. The van der Waals surface area contributed by atoms with Crippen LogP contribution in [0.15, 0.2) is 0 Å². The van der Waals surface area contributed by atoms with Gasteiger partial charge in [0.15, 0.2) is 15.6 Å². The van der Waals surface area contributed by atoms with Gasteiger partial charge < -0.3 is 4.74 Å². The smallest absolute Gasteiger partial charge is 0.157 e. The van der Waals surface area contributed by atoms with Crippen LogP contribution in [0.3, 0.4) is 0 Å². The van der Waals surface area contributed by atoms with E-state index in [0.717, 1.165) is 25.7 Å². The molecule has 1 aliphatic heterocycles. The fourth-order valence-corrected chi connectivity index (χ4v) is 2.21. The van der Waals surface area contributed by atoms with Crippen molar-refractivity contribution in [2.75, 3.05) is 12.9 Å². The first-order valence-electron chi connectivity index (χ1n) is 5.24. The van der Waals surface area contributed by atoms with E-state index in [2.05, 4.69) is 0 Å². The van der Waals surface area contributed by atoms with Gasteiger partial charge in [0.2, 0.25) is 0 Å². The summed E-state index contributed by atoms with van der Waals surface area (Å²) in [7, 11) is -3.24. The van der Waals surface area contributed by atoms with Gasteiger partial charge in [0.1, 0.15) is 5.25 Å². The van der Waals surface area contributed by atoms with E-state index in [1.54, 1.807) is 0 Å². The molecular weight excluding hydrogens is 216 g/mol. The van der Waals surface area contributed by atoms with Gasteiger partial charge in [-0.2, -0.15) is 0 Å². The number of rotatable bonds is 5. The highest BCUT2D eigenvalue weighted by molar-refractivity contribution is 7.92. The molecular formula is C10H18O4S. The second-order valence-corrected chi connectivity index (χ2v) is 6.48. The summed E-state index contributed by atoms with van der Waals surface area (Å²) in [6, 6.07) is 0. The van der Waals surface area contributed by atoms with Gasteiger partial charge in [-0.05, 0) is 26.2 Å². The van der Waals surface area contributed by atoms with Crippen molar-refractivity contribution in [1.29, 1.82) is 0 Å². The van der Waals surface area contributed by atoms with Crippen LogP contribution in [-0.2, 0) is 19.4 Å². The number of ketones is 1. The van der Waals surface area contributed by atoms with E-state index in [1.807, 2.05) is 0 Å². The lowest BCUT2D eigenvalue weighted by Crippen LogP contribution is -2.26. The molecule has 0 spiro atoms. The summed E-state index contributed by atoms with van der Waals surface area (Å²) in [6.07, 6.45) is 4.24. The summed E-state index contributed by atoms with van der Waals surface area (Å²) >= 11 is 0. The Labute approximate surface area is 90.9 Å². The van der Waals surface area contributed by atoms with Crippen LogP contribution in [0.1, 0.15) is 32.6 Å². The largest absolute Gasteiger partial charge is 0.378 e. The maximum absolute atomic E-state index is 11.5. The molecule has 0 bridgehead atoms. The number of hydrogen-bond acceptors (Lipinski definition) is 4. The molecule has 1 rings (SSSR count). The fourth-order valence-electron chi connectivity index (χ4n) is 1.62. The molecule has 2 unspecified atom stereocenters. The molecule has 0 aromatic heterocycles. The lowest BCUT2D eigenvalue weighted by Gasteiger charge is -2.11. The number of carbonyl (C=O) groups excluding carboxylic acids is 1. The highest BCUT2D eigenvalue weighted by atomic mass is 32.2. The van der Waals surface area contributed by atoms with Gasteiger partial charge in [0.05, 0.1) is 6.10 Å². The Morgan fingerprint density at radius 1 is 1.53 bits per heavy atom. The first-order chi connectivity index (χ1) is 6.91. The van der Waals surface area contributed by atoms with E-state index in [4.69, 9.17) is 4.74 Å². The Balaban J connectivity index is 2.35. The van der Waals surface area contributed by atoms with Crippen LogP contribution in [0.5, 0.6) is 0 Å². The molecule has 5 heteroatoms. The molecule has 0 aromatic rings. The van der Waals surface area contributed by atoms with Gasteiger partial charge in [-0.15, -0.1) is 0 Å². The van der Waals surface area contributed by atoms with E-state index < -0.39 is 15.1 Å². The maximum atomic E-state index is 11.5. The molecule has 0 saturated carbocycles. The third-order valence-corrected chi connectivity index (χ3v) is 4.38. The minimum atomic E-state index is -3.24. The van der Waals surface area contributed by atoms with Gasteiger partial charge in [0.25, 0.3) is 0 Å². The van der Waals surface area contributed by atoms with E-state index in [9.17, 15) is 13.2 Å². The van der Waals surface area contributed by atoms with Crippen molar-refractivity contribution in [2.24, 2.45) is 0 Å². The Morgan fingerprint density at radius 3 is 2.67 bits per heavy atom. The SMILES string of the molecule is CC(C(=O)CCC1CCCO1)S(C)(=O)=O. The van der Waals surface area contributed by atoms with Gasteiger partial charge in [-0.1, -0.05) is 0 Å². The lowest BCUT2D eigenvalue weighted by atomic mass is 10.1. The zero-order chi connectivity index (χ0) is 11.5. The third kappa shape index (κ3) is 3.91. The van der Waals surface area contributed by atoms with E-state index in [-0.39, 0.29) is 11.9 Å². The molecule has 0 aliphatic carbocycles. The standard InChI is InChI=1S/C10H18O4S/c1-8(15(2,12)13)10(11)6-5-9-4-3-7-14-9/h8-9H,3-7H2,1-2H3. The quantitative estimate of drug-likeness (QED) is 0.710. The van der Waals surface area contributed by atoms with Crippen LogP contribution in [0.4, 0.5) is 0 Å². The normalized spacial score (nSPS) is 24.0. The summed E-state index contributed by atoms with van der Waals surface area (Å²) in [5.41, 5.74) is 0. The summed E-state index contributed by atoms with van der Waals surface area (Å²) in [5, 5.41) is -0.876. The minimum Gasteiger partial charge on any atom is -0.378 e. The van der Waals surface area contributed by atoms with Crippen LogP contribution >= 0.6 is 0 Å². The number of carbonyl (C=O) groups is 1. The zero-order valence-corrected chi connectivity index (χ0v) is 10.0. The molecule has 0 radical (unpaired) electrons. The monoisotopic (exact) mass is 234 g/mol. The molecule has 15 heavy (non-hydrogen) atoms. The molecule has 0 aromatic carbocycles.